The molecule has 0 bridgehead atoms. The van der Waals surface area contributed by atoms with Crippen molar-refractivity contribution in [2.24, 2.45) is 0 Å². The van der Waals surface area contributed by atoms with E-state index in [2.05, 4.69) is 57.8 Å². The Morgan fingerprint density at radius 2 is 2.00 bits per heavy atom. The van der Waals surface area contributed by atoms with Crippen LogP contribution in [0.25, 0.3) is 0 Å². The van der Waals surface area contributed by atoms with Crippen molar-refractivity contribution in [2.45, 2.75) is 25.8 Å². The molecule has 1 aliphatic heterocycles. The molecule has 17 heavy (non-hydrogen) atoms. The van der Waals surface area contributed by atoms with Gasteiger partial charge in [-0.2, -0.15) is 0 Å². The fourth-order valence-electron chi connectivity index (χ4n) is 2.35. The predicted molar refractivity (Wildman–Crippen MR) is 75.6 cm³/mol. The van der Waals surface area contributed by atoms with E-state index in [0.29, 0.717) is 0 Å². The van der Waals surface area contributed by atoms with E-state index >= 15 is 0 Å². The van der Waals surface area contributed by atoms with Crippen molar-refractivity contribution < 1.29 is 0 Å². The number of nitrogens with zero attached hydrogens (tertiary/aromatic N) is 3. The van der Waals surface area contributed by atoms with Gasteiger partial charge in [0.15, 0.2) is 0 Å². The summed E-state index contributed by atoms with van der Waals surface area (Å²) >= 11 is 3.61. The van der Waals surface area contributed by atoms with Gasteiger partial charge in [-0.3, -0.25) is 0 Å². The summed E-state index contributed by atoms with van der Waals surface area (Å²) in [5.74, 6) is 1.09. The van der Waals surface area contributed by atoms with Crippen LogP contribution in [0.2, 0.25) is 0 Å². The number of aromatic nitrogens is 1. The fourth-order valence-corrected chi connectivity index (χ4v) is 3.07. The number of hydrogen-bond acceptors (Lipinski definition) is 3. The van der Waals surface area contributed by atoms with Crippen molar-refractivity contribution in [1.29, 1.82) is 0 Å². The van der Waals surface area contributed by atoms with Crippen LogP contribution < -0.4 is 4.90 Å². The average Bonchev–Trinajstić information content (AvgIpc) is 2.29. The van der Waals surface area contributed by atoms with Gasteiger partial charge in [-0.15, -0.1) is 0 Å². The number of anilines is 1. The summed E-state index contributed by atoms with van der Waals surface area (Å²) in [6.45, 7) is 4.26. The summed E-state index contributed by atoms with van der Waals surface area (Å²) < 4.78 is 1.11. The second kappa shape index (κ2) is 5.36. The molecular formula is C13H20BrN3. The quantitative estimate of drug-likeness (QED) is 0.837. The van der Waals surface area contributed by atoms with E-state index in [4.69, 9.17) is 0 Å². The van der Waals surface area contributed by atoms with Crippen LogP contribution in [0.15, 0.2) is 16.7 Å². The smallest absolute Gasteiger partial charge is 0.142 e. The van der Waals surface area contributed by atoms with Gasteiger partial charge in [-0.25, -0.2) is 4.98 Å². The van der Waals surface area contributed by atoms with Gasteiger partial charge < -0.3 is 9.80 Å². The van der Waals surface area contributed by atoms with Gasteiger partial charge in [0, 0.05) is 25.3 Å². The standard InChI is InChI=1S/C13H20BrN3/c1-10-8-12(14)13(15-9-10)17-6-4-11(5-7-17)16(2)3/h8-9,11H,4-7H2,1-3H3. The monoisotopic (exact) mass is 297 g/mol. The molecule has 1 aromatic rings. The zero-order chi connectivity index (χ0) is 12.4. The minimum Gasteiger partial charge on any atom is -0.356 e. The van der Waals surface area contributed by atoms with Crippen LogP contribution in [-0.4, -0.2) is 43.1 Å². The van der Waals surface area contributed by atoms with Crippen molar-refractivity contribution >= 4 is 21.7 Å². The lowest BCUT2D eigenvalue weighted by Crippen LogP contribution is -2.42. The molecule has 0 amide bonds. The minimum atomic E-state index is 0.718. The Hall–Kier alpha value is -0.610. The highest BCUT2D eigenvalue weighted by molar-refractivity contribution is 9.10. The molecule has 2 rings (SSSR count). The molecule has 0 aliphatic carbocycles. The van der Waals surface area contributed by atoms with E-state index in [1.807, 2.05) is 6.20 Å². The Labute approximate surface area is 112 Å². The van der Waals surface area contributed by atoms with E-state index in [1.54, 1.807) is 0 Å². The first-order valence-electron chi connectivity index (χ1n) is 6.11. The number of halogens is 1. The second-order valence-electron chi connectivity index (χ2n) is 5.00. The van der Waals surface area contributed by atoms with Gasteiger partial charge >= 0.3 is 0 Å². The summed E-state index contributed by atoms with van der Waals surface area (Å²) in [5, 5.41) is 0. The maximum atomic E-state index is 4.54. The van der Waals surface area contributed by atoms with Crippen molar-refractivity contribution in [3.05, 3.63) is 22.3 Å². The number of piperidine rings is 1. The normalized spacial score (nSPS) is 17.8. The van der Waals surface area contributed by atoms with Crippen LogP contribution in [-0.2, 0) is 0 Å². The van der Waals surface area contributed by atoms with Crippen molar-refractivity contribution in [3.8, 4) is 0 Å². The maximum Gasteiger partial charge on any atom is 0.142 e. The van der Waals surface area contributed by atoms with Gasteiger partial charge in [-0.05, 0) is 61.4 Å². The third kappa shape index (κ3) is 2.99. The molecule has 0 atom stereocenters. The number of pyridine rings is 1. The molecular weight excluding hydrogens is 278 g/mol. The molecule has 4 heteroatoms. The summed E-state index contributed by atoms with van der Waals surface area (Å²) in [7, 11) is 4.33. The predicted octanol–water partition coefficient (Wildman–Crippen LogP) is 2.68. The van der Waals surface area contributed by atoms with Gasteiger partial charge in [0.2, 0.25) is 0 Å². The fraction of sp³-hybridized carbons (Fsp3) is 0.615. The SMILES string of the molecule is Cc1cnc(N2CCC(N(C)C)CC2)c(Br)c1. The topological polar surface area (TPSA) is 19.4 Å². The van der Waals surface area contributed by atoms with Crippen molar-refractivity contribution in [1.82, 2.24) is 9.88 Å². The summed E-state index contributed by atoms with van der Waals surface area (Å²) in [6, 6.07) is 2.86. The van der Waals surface area contributed by atoms with Gasteiger partial charge in [0.05, 0.1) is 4.47 Å². The van der Waals surface area contributed by atoms with Crippen molar-refractivity contribution in [2.75, 3.05) is 32.1 Å². The summed E-state index contributed by atoms with van der Waals surface area (Å²) in [6.07, 6.45) is 4.38. The van der Waals surface area contributed by atoms with Crippen LogP contribution in [0.4, 0.5) is 5.82 Å². The zero-order valence-corrected chi connectivity index (χ0v) is 12.4. The Morgan fingerprint density at radius 3 is 2.53 bits per heavy atom. The molecule has 1 aliphatic rings. The van der Waals surface area contributed by atoms with Crippen LogP contribution in [0.3, 0.4) is 0 Å². The number of rotatable bonds is 2. The Bertz CT molecular complexity index is 384. The molecule has 0 saturated carbocycles. The molecule has 1 aromatic heterocycles. The van der Waals surface area contributed by atoms with Gasteiger partial charge in [-0.1, -0.05) is 0 Å². The van der Waals surface area contributed by atoms with Gasteiger partial charge in [0.1, 0.15) is 5.82 Å². The van der Waals surface area contributed by atoms with Gasteiger partial charge in [0.25, 0.3) is 0 Å². The molecule has 0 aromatic carbocycles. The lowest BCUT2D eigenvalue weighted by molar-refractivity contribution is 0.249. The second-order valence-corrected chi connectivity index (χ2v) is 5.85. The van der Waals surface area contributed by atoms with Crippen LogP contribution >= 0.6 is 15.9 Å². The molecule has 0 spiro atoms. The average molecular weight is 298 g/mol. The summed E-state index contributed by atoms with van der Waals surface area (Å²) in [5.41, 5.74) is 1.20. The molecule has 1 saturated heterocycles. The molecule has 3 nitrogen and oxygen atoms in total. The number of aryl methyl sites for hydroxylation is 1. The van der Waals surface area contributed by atoms with E-state index in [1.165, 1.54) is 18.4 Å². The number of hydrogen-bond donors (Lipinski definition) is 0. The molecule has 2 heterocycles. The Kier molecular flexibility index (Phi) is 4.05. The van der Waals surface area contributed by atoms with E-state index in [-0.39, 0.29) is 0 Å². The minimum absolute atomic E-state index is 0.718. The molecule has 94 valence electrons. The third-order valence-corrected chi connectivity index (χ3v) is 4.04. The third-order valence-electron chi connectivity index (χ3n) is 3.45. The largest absolute Gasteiger partial charge is 0.356 e. The Morgan fingerprint density at radius 1 is 1.35 bits per heavy atom. The van der Waals surface area contributed by atoms with E-state index in [9.17, 15) is 0 Å². The van der Waals surface area contributed by atoms with E-state index in [0.717, 1.165) is 29.4 Å². The van der Waals surface area contributed by atoms with Crippen molar-refractivity contribution in [3.63, 3.8) is 0 Å². The Balaban J connectivity index is 2.05. The maximum absolute atomic E-state index is 4.54. The molecule has 0 radical (unpaired) electrons. The first-order valence-corrected chi connectivity index (χ1v) is 6.90. The van der Waals surface area contributed by atoms with Crippen LogP contribution in [0.1, 0.15) is 18.4 Å². The summed E-state index contributed by atoms with van der Waals surface area (Å²) in [4.78, 5) is 9.24. The molecule has 1 fully saturated rings. The highest BCUT2D eigenvalue weighted by Crippen LogP contribution is 2.27. The molecule has 0 N–H and O–H groups in total. The highest BCUT2D eigenvalue weighted by Gasteiger charge is 2.22. The lowest BCUT2D eigenvalue weighted by atomic mass is 10.0. The first-order chi connectivity index (χ1) is 8.08. The molecule has 0 unspecified atom stereocenters. The van der Waals surface area contributed by atoms with Crippen LogP contribution in [0.5, 0.6) is 0 Å². The zero-order valence-electron chi connectivity index (χ0n) is 10.8. The van der Waals surface area contributed by atoms with E-state index < -0.39 is 0 Å². The van der Waals surface area contributed by atoms with Crippen LogP contribution in [0, 0.1) is 6.92 Å². The first kappa shape index (κ1) is 12.8. The lowest BCUT2D eigenvalue weighted by Gasteiger charge is -2.36. The highest BCUT2D eigenvalue weighted by atomic mass is 79.9.